The van der Waals surface area contributed by atoms with Crippen LogP contribution in [0.1, 0.15) is 26.3 Å². The first kappa shape index (κ1) is 12.3. The number of imide groups is 1. The van der Waals surface area contributed by atoms with Crippen LogP contribution >= 0.6 is 0 Å². The van der Waals surface area contributed by atoms with Crippen molar-refractivity contribution in [2.24, 2.45) is 0 Å². The molecular formula is C16H10FNO2. The van der Waals surface area contributed by atoms with Crippen LogP contribution in [0.25, 0.3) is 6.08 Å². The second-order valence-electron chi connectivity index (χ2n) is 4.39. The van der Waals surface area contributed by atoms with E-state index in [1.807, 2.05) is 0 Å². The number of hydrogen-bond donors (Lipinski definition) is 0. The number of amides is 2. The highest BCUT2D eigenvalue weighted by molar-refractivity contribution is 6.22. The summed E-state index contributed by atoms with van der Waals surface area (Å²) >= 11 is 0. The first-order chi connectivity index (χ1) is 9.66. The molecule has 2 amide bonds. The molecule has 3 rings (SSSR count). The summed E-state index contributed by atoms with van der Waals surface area (Å²) in [6, 6.07) is 12.5. The number of nitrogens with zero attached hydrogens (tertiary/aromatic N) is 1. The Morgan fingerprint density at radius 3 is 1.95 bits per heavy atom. The van der Waals surface area contributed by atoms with Gasteiger partial charge in [0.2, 0.25) is 0 Å². The number of fused-ring (bicyclic) bond motifs is 1. The third-order valence-electron chi connectivity index (χ3n) is 3.11. The van der Waals surface area contributed by atoms with E-state index in [9.17, 15) is 14.0 Å². The van der Waals surface area contributed by atoms with Gasteiger partial charge < -0.3 is 0 Å². The largest absolute Gasteiger partial charge is 0.268 e. The van der Waals surface area contributed by atoms with Gasteiger partial charge >= 0.3 is 0 Å². The molecular weight excluding hydrogens is 257 g/mol. The van der Waals surface area contributed by atoms with E-state index in [1.165, 1.54) is 18.3 Å². The van der Waals surface area contributed by atoms with Crippen molar-refractivity contribution >= 4 is 17.9 Å². The molecule has 0 saturated heterocycles. The molecule has 98 valence electrons. The maximum atomic E-state index is 12.8. The molecule has 1 aliphatic heterocycles. The Kier molecular flexibility index (Phi) is 2.91. The Balaban J connectivity index is 1.88. The number of carbonyl (C=O) groups is 2. The molecule has 0 aromatic heterocycles. The summed E-state index contributed by atoms with van der Waals surface area (Å²) in [4.78, 5) is 25.2. The average molecular weight is 267 g/mol. The number of carbonyl (C=O) groups excluding carboxylic acids is 2. The molecule has 3 nitrogen and oxygen atoms in total. The van der Waals surface area contributed by atoms with Crippen molar-refractivity contribution < 1.29 is 14.0 Å². The fourth-order valence-electron chi connectivity index (χ4n) is 2.08. The highest BCUT2D eigenvalue weighted by atomic mass is 19.1. The van der Waals surface area contributed by atoms with Gasteiger partial charge in [-0.2, -0.15) is 0 Å². The lowest BCUT2D eigenvalue weighted by molar-refractivity contribution is 0.0722. The van der Waals surface area contributed by atoms with Crippen molar-refractivity contribution in [2.45, 2.75) is 0 Å². The summed E-state index contributed by atoms with van der Waals surface area (Å²) in [6.07, 6.45) is 3.01. The normalized spacial score (nSPS) is 14.2. The Morgan fingerprint density at radius 1 is 0.850 bits per heavy atom. The van der Waals surface area contributed by atoms with E-state index in [0.717, 1.165) is 4.90 Å². The lowest BCUT2D eigenvalue weighted by Crippen LogP contribution is -2.23. The smallest absolute Gasteiger partial charge is 0.265 e. The second kappa shape index (κ2) is 4.74. The zero-order chi connectivity index (χ0) is 14.1. The Hall–Kier alpha value is -2.75. The van der Waals surface area contributed by atoms with E-state index in [4.69, 9.17) is 0 Å². The summed E-state index contributed by atoms with van der Waals surface area (Å²) in [5.41, 5.74) is 1.52. The number of rotatable bonds is 2. The molecule has 4 heteroatoms. The predicted octanol–water partition coefficient (Wildman–Crippen LogP) is 3.09. The van der Waals surface area contributed by atoms with Crippen molar-refractivity contribution in [1.29, 1.82) is 0 Å². The van der Waals surface area contributed by atoms with E-state index in [2.05, 4.69) is 0 Å². The molecule has 20 heavy (non-hydrogen) atoms. The summed E-state index contributed by atoms with van der Waals surface area (Å²) in [5, 5.41) is 0. The molecule has 0 radical (unpaired) electrons. The van der Waals surface area contributed by atoms with Gasteiger partial charge in [0.15, 0.2) is 0 Å². The molecule has 1 aliphatic rings. The van der Waals surface area contributed by atoms with Crippen molar-refractivity contribution in [3.63, 3.8) is 0 Å². The van der Waals surface area contributed by atoms with Gasteiger partial charge in [0.1, 0.15) is 5.82 Å². The van der Waals surface area contributed by atoms with Crippen molar-refractivity contribution in [3.8, 4) is 0 Å². The lowest BCUT2D eigenvalue weighted by Gasteiger charge is -2.06. The van der Waals surface area contributed by atoms with Gasteiger partial charge in [0.05, 0.1) is 11.1 Å². The summed E-state index contributed by atoms with van der Waals surface area (Å²) in [7, 11) is 0. The maximum Gasteiger partial charge on any atom is 0.265 e. The van der Waals surface area contributed by atoms with Crippen LogP contribution in [0.3, 0.4) is 0 Å². The Labute approximate surface area is 115 Å². The van der Waals surface area contributed by atoms with Crippen LogP contribution < -0.4 is 0 Å². The highest BCUT2D eigenvalue weighted by Crippen LogP contribution is 2.23. The monoisotopic (exact) mass is 267 g/mol. The van der Waals surface area contributed by atoms with Crippen LogP contribution in [0, 0.1) is 5.82 Å². The minimum Gasteiger partial charge on any atom is -0.268 e. The Bertz CT molecular complexity index is 685. The van der Waals surface area contributed by atoms with Crippen LogP contribution in [0.15, 0.2) is 54.7 Å². The van der Waals surface area contributed by atoms with E-state index >= 15 is 0 Å². The molecule has 0 N–H and O–H groups in total. The summed E-state index contributed by atoms with van der Waals surface area (Å²) < 4.78 is 12.8. The SMILES string of the molecule is O=C1c2ccccc2C(=O)N1C=Cc1ccc(F)cc1. The van der Waals surface area contributed by atoms with E-state index in [-0.39, 0.29) is 17.6 Å². The minimum atomic E-state index is -0.344. The minimum absolute atomic E-state index is 0.331. The van der Waals surface area contributed by atoms with Gasteiger partial charge in [-0.25, -0.2) is 9.29 Å². The van der Waals surface area contributed by atoms with Crippen molar-refractivity contribution in [2.75, 3.05) is 0 Å². The number of hydrogen-bond acceptors (Lipinski definition) is 2. The van der Waals surface area contributed by atoms with Gasteiger partial charge in [-0.1, -0.05) is 24.3 Å². The maximum absolute atomic E-state index is 12.8. The highest BCUT2D eigenvalue weighted by Gasteiger charge is 2.33. The molecule has 1 heterocycles. The molecule has 0 fully saturated rings. The van der Waals surface area contributed by atoms with Crippen molar-refractivity contribution in [1.82, 2.24) is 4.90 Å². The molecule has 0 spiro atoms. The molecule has 0 unspecified atom stereocenters. The second-order valence-corrected chi connectivity index (χ2v) is 4.39. The quantitative estimate of drug-likeness (QED) is 0.784. The standard InChI is InChI=1S/C16H10FNO2/c17-12-7-5-11(6-8-12)9-10-18-15(19)13-3-1-2-4-14(13)16(18)20/h1-10H. The van der Waals surface area contributed by atoms with Crippen molar-refractivity contribution in [3.05, 3.63) is 77.2 Å². The molecule has 0 aliphatic carbocycles. The van der Waals surface area contributed by atoms with E-state index < -0.39 is 0 Å². The fourth-order valence-corrected chi connectivity index (χ4v) is 2.08. The lowest BCUT2D eigenvalue weighted by atomic mass is 10.1. The fraction of sp³-hybridized carbons (Fsp3) is 0. The predicted molar refractivity (Wildman–Crippen MR) is 72.4 cm³/mol. The van der Waals surface area contributed by atoms with Crippen LogP contribution in [-0.4, -0.2) is 16.7 Å². The van der Waals surface area contributed by atoms with Crippen LogP contribution in [0.5, 0.6) is 0 Å². The van der Waals surface area contributed by atoms with Gasteiger partial charge in [-0.3, -0.25) is 9.59 Å². The van der Waals surface area contributed by atoms with Gasteiger partial charge in [-0.15, -0.1) is 0 Å². The average Bonchev–Trinajstić information content (AvgIpc) is 2.71. The van der Waals surface area contributed by atoms with Gasteiger partial charge in [0, 0.05) is 6.20 Å². The number of halogens is 1. The summed E-state index contributed by atoms with van der Waals surface area (Å²) in [5.74, 6) is -1.02. The zero-order valence-corrected chi connectivity index (χ0v) is 10.4. The third kappa shape index (κ3) is 2.01. The van der Waals surface area contributed by atoms with Crippen LogP contribution in [-0.2, 0) is 0 Å². The zero-order valence-electron chi connectivity index (χ0n) is 10.4. The molecule has 0 saturated carbocycles. The Morgan fingerprint density at radius 2 is 1.40 bits per heavy atom. The first-order valence-electron chi connectivity index (χ1n) is 6.07. The van der Waals surface area contributed by atoms with Gasteiger partial charge in [0.25, 0.3) is 11.8 Å². The molecule has 0 atom stereocenters. The van der Waals surface area contributed by atoms with Gasteiger partial charge in [-0.05, 0) is 35.9 Å². The topological polar surface area (TPSA) is 37.4 Å². The first-order valence-corrected chi connectivity index (χ1v) is 6.07. The summed E-state index contributed by atoms with van der Waals surface area (Å²) in [6.45, 7) is 0. The molecule has 2 aromatic rings. The molecule has 2 aromatic carbocycles. The molecule has 0 bridgehead atoms. The third-order valence-corrected chi connectivity index (χ3v) is 3.11. The van der Waals surface area contributed by atoms with Crippen LogP contribution in [0.4, 0.5) is 4.39 Å². The van der Waals surface area contributed by atoms with E-state index in [1.54, 1.807) is 42.5 Å². The number of benzene rings is 2. The van der Waals surface area contributed by atoms with Crippen LogP contribution in [0.2, 0.25) is 0 Å². The van der Waals surface area contributed by atoms with E-state index in [0.29, 0.717) is 16.7 Å².